The Morgan fingerprint density at radius 2 is 2.22 bits per heavy atom. The topological polar surface area (TPSA) is 45.7 Å². The molecule has 2 N–H and O–H groups in total. The fourth-order valence-electron chi connectivity index (χ4n) is 2.42. The summed E-state index contributed by atoms with van der Waals surface area (Å²) in [4.78, 5) is 4.52. The van der Waals surface area contributed by atoms with Crippen LogP contribution in [0.1, 0.15) is 32.3 Å². The van der Waals surface area contributed by atoms with Crippen LogP contribution >= 0.6 is 39.9 Å². The lowest BCUT2D eigenvalue weighted by molar-refractivity contribution is 0.0243. The zero-order valence-electron chi connectivity index (χ0n) is 13.5. The minimum atomic E-state index is -0.252. The molecule has 1 aromatic rings. The number of rotatable bonds is 5. The van der Waals surface area contributed by atoms with Crippen molar-refractivity contribution >= 4 is 45.9 Å². The summed E-state index contributed by atoms with van der Waals surface area (Å²) in [5.41, 5.74) is 0.691. The molecule has 2 rings (SSSR count). The number of hydrogen-bond donors (Lipinski definition) is 2. The third-order valence-corrected chi connectivity index (χ3v) is 4.46. The highest BCUT2D eigenvalue weighted by atomic mass is 127. The van der Waals surface area contributed by atoms with Crippen LogP contribution in [0.4, 0.5) is 4.39 Å². The zero-order valence-corrected chi connectivity index (χ0v) is 17.4. The predicted octanol–water partition coefficient (Wildman–Crippen LogP) is 3.83. The van der Waals surface area contributed by atoms with Crippen LogP contribution in [0.2, 0.25) is 0 Å². The fraction of sp³-hybridized carbons (Fsp3) is 0.562. The average Bonchev–Trinajstić information content (AvgIpc) is 2.92. The van der Waals surface area contributed by atoms with E-state index in [1.807, 2.05) is 6.92 Å². The van der Waals surface area contributed by atoms with Crippen molar-refractivity contribution in [3.05, 3.63) is 34.1 Å². The first-order valence-electron chi connectivity index (χ1n) is 7.62. The minimum Gasteiger partial charge on any atom is -0.373 e. The normalized spacial score (nSPS) is 21.0. The molecule has 0 amide bonds. The quantitative estimate of drug-likeness (QED) is 0.367. The smallest absolute Gasteiger partial charge is 0.191 e. The van der Waals surface area contributed by atoms with Crippen molar-refractivity contribution in [2.24, 2.45) is 4.99 Å². The second kappa shape index (κ2) is 9.78. The van der Waals surface area contributed by atoms with Gasteiger partial charge in [0.1, 0.15) is 5.82 Å². The molecule has 1 aliphatic rings. The van der Waals surface area contributed by atoms with Crippen LogP contribution in [0.15, 0.2) is 27.7 Å². The molecule has 23 heavy (non-hydrogen) atoms. The monoisotopic (exact) mass is 499 g/mol. The lowest BCUT2D eigenvalue weighted by Crippen LogP contribution is -2.45. The SMILES string of the molecule is CCNC(=NCc1cc(F)ccc1Br)NCC1(C)CCCO1.I. The number of guanidine groups is 1. The summed E-state index contributed by atoms with van der Waals surface area (Å²) in [6.45, 7) is 6.84. The van der Waals surface area contributed by atoms with Crippen molar-refractivity contribution < 1.29 is 9.13 Å². The number of aliphatic imine (C=N–C) groups is 1. The molecule has 4 nitrogen and oxygen atoms in total. The summed E-state index contributed by atoms with van der Waals surface area (Å²) in [5, 5.41) is 6.51. The Morgan fingerprint density at radius 3 is 2.87 bits per heavy atom. The van der Waals surface area contributed by atoms with Gasteiger partial charge < -0.3 is 15.4 Å². The van der Waals surface area contributed by atoms with Gasteiger partial charge in [0.05, 0.1) is 12.1 Å². The second-order valence-corrected chi connectivity index (χ2v) is 6.54. The molecule has 1 aromatic carbocycles. The first kappa shape index (κ1) is 20.6. The second-order valence-electron chi connectivity index (χ2n) is 5.69. The molecular weight excluding hydrogens is 476 g/mol. The van der Waals surface area contributed by atoms with E-state index in [-0.39, 0.29) is 35.4 Å². The van der Waals surface area contributed by atoms with Gasteiger partial charge in [-0.3, -0.25) is 0 Å². The highest BCUT2D eigenvalue weighted by Crippen LogP contribution is 2.24. The van der Waals surface area contributed by atoms with E-state index >= 15 is 0 Å². The molecular formula is C16H24BrFIN3O. The summed E-state index contributed by atoms with van der Waals surface area (Å²) in [6.07, 6.45) is 2.15. The van der Waals surface area contributed by atoms with E-state index in [0.29, 0.717) is 13.1 Å². The molecule has 1 aliphatic heterocycles. The molecule has 0 aliphatic carbocycles. The number of nitrogens with zero attached hydrogens (tertiary/aromatic N) is 1. The van der Waals surface area contributed by atoms with Crippen LogP contribution in [-0.2, 0) is 11.3 Å². The van der Waals surface area contributed by atoms with Crippen LogP contribution in [0.25, 0.3) is 0 Å². The highest BCUT2D eigenvalue weighted by molar-refractivity contribution is 14.0. The van der Waals surface area contributed by atoms with E-state index in [0.717, 1.165) is 42.0 Å². The van der Waals surface area contributed by atoms with Gasteiger partial charge in [-0.2, -0.15) is 0 Å². The summed E-state index contributed by atoms with van der Waals surface area (Å²) in [5.74, 6) is 0.466. The Morgan fingerprint density at radius 1 is 1.43 bits per heavy atom. The Hall–Kier alpha value is -0.410. The van der Waals surface area contributed by atoms with Gasteiger partial charge in [0.2, 0.25) is 0 Å². The molecule has 130 valence electrons. The molecule has 0 bridgehead atoms. The van der Waals surface area contributed by atoms with Gasteiger partial charge in [-0.25, -0.2) is 9.38 Å². The number of hydrogen-bond acceptors (Lipinski definition) is 2. The van der Waals surface area contributed by atoms with E-state index in [4.69, 9.17) is 4.74 Å². The van der Waals surface area contributed by atoms with Gasteiger partial charge in [-0.1, -0.05) is 15.9 Å². The van der Waals surface area contributed by atoms with Crippen molar-refractivity contribution in [3.63, 3.8) is 0 Å². The first-order chi connectivity index (χ1) is 10.5. The maximum atomic E-state index is 13.3. The standard InChI is InChI=1S/C16H23BrFN3O.HI/c1-3-19-15(21-11-16(2)7-4-8-22-16)20-10-12-9-13(18)5-6-14(12)17;/h5-6,9H,3-4,7-8,10-11H2,1-2H3,(H2,19,20,21);1H. The van der Waals surface area contributed by atoms with Gasteiger partial charge in [-0.05, 0) is 50.5 Å². The Bertz CT molecular complexity index is 536. The first-order valence-corrected chi connectivity index (χ1v) is 8.42. The van der Waals surface area contributed by atoms with E-state index in [9.17, 15) is 4.39 Å². The van der Waals surface area contributed by atoms with E-state index in [1.54, 1.807) is 6.07 Å². The Balaban J connectivity index is 0.00000264. The van der Waals surface area contributed by atoms with E-state index in [2.05, 4.69) is 38.5 Å². The molecule has 1 fully saturated rings. The van der Waals surface area contributed by atoms with Gasteiger partial charge in [0, 0.05) is 24.2 Å². The predicted molar refractivity (Wildman–Crippen MR) is 106 cm³/mol. The zero-order chi connectivity index (χ0) is 16.0. The van der Waals surface area contributed by atoms with Crippen molar-refractivity contribution in [1.29, 1.82) is 0 Å². The van der Waals surface area contributed by atoms with Crippen molar-refractivity contribution in [2.75, 3.05) is 19.7 Å². The fourth-order valence-corrected chi connectivity index (χ4v) is 2.79. The van der Waals surface area contributed by atoms with Crippen LogP contribution in [0.5, 0.6) is 0 Å². The number of ether oxygens (including phenoxy) is 1. The molecule has 0 radical (unpaired) electrons. The Kier molecular flexibility index (Phi) is 8.78. The van der Waals surface area contributed by atoms with Crippen LogP contribution in [0, 0.1) is 5.82 Å². The largest absolute Gasteiger partial charge is 0.373 e. The van der Waals surface area contributed by atoms with Crippen molar-refractivity contribution in [1.82, 2.24) is 10.6 Å². The molecule has 1 unspecified atom stereocenters. The Labute approximate surface area is 162 Å². The van der Waals surface area contributed by atoms with Gasteiger partial charge >= 0.3 is 0 Å². The van der Waals surface area contributed by atoms with E-state index in [1.165, 1.54) is 12.1 Å². The van der Waals surface area contributed by atoms with Crippen molar-refractivity contribution in [2.45, 2.75) is 38.8 Å². The summed E-state index contributed by atoms with van der Waals surface area (Å²) in [6, 6.07) is 4.63. The number of nitrogens with one attached hydrogen (secondary N) is 2. The summed E-state index contributed by atoms with van der Waals surface area (Å²) in [7, 11) is 0. The molecule has 0 saturated carbocycles. The molecule has 1 heterocycles. The molecule has 0 aromatic heterocycles. The maximum absolute atomic E-state index is 13.3. The van der Waals surface area contributed by atoms with Crippen LogP contribution < -0.4 is 10.6 Å². The minimum absolute atomic E-state index is 0. The summed E-state index contributed by atoms with van der Waals surface area (Å²) < 4.78 is 19.9. The maximum Gasteiger partial charge on any atom is 0.191 e. The number of benzene rings is 1. The third kappa shape index (κ3) is 6.54. The molecule has 1 saturated heterocycles. The molecule has 7 heteroatoms. The van der Waals surface area contributed by atoms with Gasteiger partial charge in [-0.15, -0.1) is 24.0 Å². The highest BCUT2D eigenvalue weighted by Gasteiger charge is 2.29. The summed E-state index contributed by atoms with van der Waals surface area (Å²) >= 11 is 3.42. The van der Waals surface area contributed by atoms with Crippen LogP contribution in [-0.4, -0.2) is 31.3 Å². The number of halogens is 3. The average molecular weight is 500 g/mol. The van der Waals surface area contributed by atoms with Gasteiger partial charge in [0.25, 0.3) is 0 Å². The van der Waals surface area contributed by atoms with E-state index < -0.39 is 0 Å². The third-order valence-electron chi connectivity index (χ3n) is 3.69. The lowest BCUT2D eigenvalue weighted by Gasteiger charge is -2.24. The molecule has 1 atom stereocenters. The van der Waals surface area contributed by atoms with Crippen molar-refractivity contribution in [3.8, 4) is 0 Å². The van der Waals surface area contributed by atoms with Gasteiger partial charge in [0.15, 0.2) is 5.96 Å². The molecule has 0 spiro atoms. The van der Waals surface area contributed by atoms with Crippen LogP contribution in [0.3, 0.4) is 0 Å². The lowest BCUT2D eigenvalue weighted by atomic mass is 10.0.